The summed E-state index contributed by atoms with van der Waals surface area (Å²) in [5.74, 6) is 0.983. The van der Waals surface area contributed by atoms with Gasteiger partial charge in [-0.25, -0.2) is 0 Å². The minimum Gasteiger partial charge on any atom is -0.490 e. The number of benzene rings is 3. The number of hydrogen-bond donors (Lipinski definition) is 1. The number of nitrogens with one attached hydrogen (secondary N) is 1. The molecule has 2 nitrogen and oxygen atoms in total. The van der Waals surface area contributed by atoms with Crippen molar-refractivity contribution < 1.29 is 4.74 Å². The van der Waals surface area contributed by atoms with Crippen molar-refractivity contribution in [1.29, 1.82) is 0 Å². The predicted octanol–water partition coefficient (Wildman–Crippen LogP) is 7.06. The van der Waals surface area contributed by atoms with E-state index in [4.69, 9.17) is 16.3 Å². The fourth-order valence-electron chi connectivity index (χ4n) is 2.70. The average molecular weight is 396 g/mol. The van der Waals surface area contributed by atoms with Crippen LogP contribution in [-0.4, -0.2) is 13.2 Å². The first-order chi connectivity index (χ1) is 13.4. The Kier molecular flexibility index (Phi) is 8.41. The van der Waals surface area contributed by atoms with E-state index in [2.05, 4.69) is 68.6 Å². The van der Waals surface area contributed by atoms with Crippen molar-refractivity contribution in [2.75, 3.05) is 18.5 Å². The smallest absolute Gasteiger partial charge is 0.142 e. The van der Waals surface area contributed by atoms with Crippen LogP contribution in [0.15, 0.2) is 60.7 Å². The van der Waals surface area contributed by atoms with Crippen molar-refractivity contribution in [3.8, 4) is 5.75 Å². The molecule has 1 N–H and O–H groups in total. The topological polar surface area (TPSA) is 21.3 Å². The molecule has 3 heteroatoms. The van der Waals surface area contributed by atoms with E-state index >= 15 is 0 Å². The molecule has 0 unspecified atom stereocenters. The zero-order chi connectivity index (χ0) is 20.5. The first-order valence-corrected chi connectivity index (χ1v) is 9.97. The van der Waals surface area contributed by atoms with E-state index < -0.39 is 0 Å². The van der Waals surface area contributed by atoms with E-state index in [1.165, 1.54) is 16.7 Å². The predicted molar refractivity (Wildman–Crippen MR) is 122 cm³/mol. The lowest BCUT2D eigenvalue weighted by Crippen LogP contribution is -2.17. The van der Waals surface area contributed by atoms with Crippen LogP contribution in [0, 0.1) is 34.6 Å². The molecule has 0 saturated heterocycles. The molecule has 28 heavy (non-hydrogen) atoms. The van der Waals surface area contributed by atoms with Gasteiger partial charge in [-0.2, -0.15) is 0 Å². The molecule has 3 aromatic carbocycles. The van der Waals surface area contributed by atoms with Crippen LogP contribution >= 0.6 is 11.6 Å². The molecule has 0 amide bonds. The van der Waals surface area contributed by atoms with E-state index in [-0.39, 0.29) is 0 Å². The molecule has 1 aliphatic heterocycles. The molecule has 0 aliphatic carbocycles. The molecule has 0 atom stereocenters. The second kappa shape index (κ2) is 10.8. The standard InChI is InChI=1S/C9H11NO.C8H9Cl.C8H10/c1-7-2-3-8-9(6-7)11-5-4-10-8;1-6-4-3-5-7(2)8(6)9;1-7-5-3-4-6-8(7)2/h2-3,6,10H,4-5H2,1H3;3-5H,1-2H3;3-6H,1-2H3. The van der Waals surface area contributed by atoms with E-state index in [1.807, 2.05) is 32.0 Å². The highest BCUT2D eigenvalue weighted by atomic mass is 35.5. The number of rotatable bonds is 0. The molecular weight excluding hydrogens is 366 g/mol. The van der Waals surface area contributed by atoms with Crippen molar-refractivity contribution in [2.45, 2.75) is 34.6 Å². The van der Waals surface area contributed by atoms with Gasteiger partial charge in [0, 0.05) is 11.6 Å². The molecule has 1 aliphatic rings. The summed E-state index contributed by atoms with van der Waals surface area (Å²) < 4.78 is 5.44. The molecule has 0 spiro atoms. The lowest BCUT2D eigenvalue weighted by atomic mass is 10.1. The van der Waals surface area contributed by atoms with Gasteiger partial charge < -0.3 is 10.1 Å². The highest BCUT2D eigenvalue weighted by Crippen LogP contribution is 2.27. The molecule has 0 aromatic heterocycles. The Balaban J connectivity index is 0.000000153. The number of anilines is 1. The summed E-state index contributed by atoms with van der Waals surface area (Å²) >= 11 is 5.88. The monoisotopic (exact) mass is 395 g/mol. The van der Waals surface area contributed by atoms with Crippen molar-refractivity contribution in [2.24, 2.45) is 0 Å². The second-order valence-electron chi connectivity index (χ2n) is 7.06. The van der Waals surface area contributed by atoms with Gasteiger partial charge in [-0.1, -0.05) is 60.1 Å². The van der Waals surface area contributed by atoms with Crippen molar-refractivity contribution >= 4 is 17.3 Å². The molecule has 0 fully saturated rings. The third-order valence-electron chi connectivity index (χ3n) is 4.62. The Morgan fingerprint density at radius 2 is 1.32 bits per heavy atom. The maximum absolute atomic E-state index is 5.88. The molecule has 4 rings (SSSR count). The Morgan fingerprint density at radius 1 is 0.750 bits per heavy atom. The molecule has 0 radical (unpaired) electrons. The van der Waals surface area contributed by atoms with E-state index in [0.29, 0.717) is 0 Å². The maximum Gasteiger partial charge on any atom is 0.142 e. The minimum atomic E-state index is 0.774. The maximum atomic E-state index is 5.88. The Labute approximate surface area is 174 Å². The first-order valence-electron chi connectivity index (χ1n) is 9.59. The molecular formula is C25H30ClNO. The van der Waals surface area contributed by atoms with E-state index in [9.17, 15) is 0 Å². The fraction of sp³-hybridized carbons (Fsp3) is 0.280. The van der Waals surface area contributed by atoms with Gasteiger partial charge in [-0.05, 0) is 74.6 Å². The van der Waals surface area contributed by atoms with Gasteiger partial charge >= 0.3 is 0 Å². The minimum absolute atomic E-state index is 0.774. The summed E-state index contributed by atoms with van der Waals surface area (Å²) in [4.78, 5) is 0. The number of hydrogen-bond acceptors (Lipinski definition) is 2. The summed E-state index contributed by atoms with van der Waals surface area (Å²) in [5.41, 5.74) is 7.39. The van der Waals surface area contributed by atoms with E-state index in [1.54, 1.807) is 0 Å². The van der Waals surface area contributed by atoms with Crippen LogP contribution in [0.25, 0.3) is 0 Å². The average Bonchev–Trinajstić information content (AvgIpc) is 2.69. The summed E-state index contributed by atoms with van der Waals surface area (Å²) in [6, 6.07) is 20.6. The third kappa shape index (κ3) is 6.61. The third-order valence-corrected chi connectivity index (χ3v) is 5.22. The molecule has 148 valence electrons. The largest absolute Gasteiger partial charge is 0.490 e. The Hall–Kier alpha value is -2.45. The summed E-state index contributed by atoms with van der Waals surface area (Å²) in [7, 11) is 0. The molecule has 0 bridgehead atoms. The van der Waals surface area contributed by atoms with Crippen molar-refractivity contribution in [3.05, 3.63) is 93.5 Å². The zero-order valence-electron chi connectivity index (χ0n) is 17.5. The van der Waals surface area contributed by atoms with Crippen LogP contribution in [0.5, 0.6) is 5.75 Å². The van der Waals surface area contributed by atoms with E-state index in [0.717, 1.165) is 40.7 Å². The van der Waals surface area contributed by atoms with Crippen molar-refractivity contribution in [1.82, 2.24) is 0 Å². The Morgan fingerprint density at radius 3 is 1.86 bits per heavy atom. The number of aryl methyl sites for hydroxylation is 5. The van der Waals surface area contributed by atoms with Crippen LogP contribution in [0.2, 0.25) is 5.02 Å². The highest BCUT2D eigenvalue weighted by molar-refractivity contribution is 6.32. The highest BCUT2D eigenvalue weighted by Gasteiger charge is 2.07. The lowest BCUT2D eigenvalue weighted by Gasteiger charge is -2.18. The Bertz CT molecular complexity index is 864. The zero-order valence-corrected chi connectivity index (χ0v) is 18.2. The lowest BCUT2D eigenvalue weighted by molar-refractivity contribution is 0.323. The van der Waals surface area contributed by atoms with Crippen LogP contribution in [0.1, 0.15) is 27.8 Å². The molecule has 3 aromatic rings. The second-order valence-corrected chi connectivity index (χ2v) is 7.44. The fourth-order valence-corrected chi connectivity index (χ4v) is 2.82. The van der Waals surface area contributed by atoms with Crippen LogP contribution < -0.4 is 10.1 Å². The van der Waals surface area contributed by atoms with Gasteiger partial charge in [-0.3, -0.25) is 0 Å². The van der Waals surface area contributed by atoms with Crippen LogP contribution in [-0.2, 0) is 0 Å². The number of halogens is 1. The van der Waals surface area contributed by atoms with Crippen molar-refractivity contribution in [3.63, 3.8) is 0 Å². The number of ether oxygens (including phenoxy) is 1. The summed E-state index contributed by atoms with van der Waals surface area (Å²) in [6.07, 6.45) is 0. The van der Waals surface area contributed by atoms with Crippen LogP contribution in [0.4, 0.5) is 5.69 Å². The number of fused-ring (bicyclic) bond motifs is 1. The van der Waals surface area contributed by atoms with Gasteiger partial charge in [0.25, 0.3) is 0 Å². The summed E-state index contributed by atoms with van der Waals surface area (Å²) in [6.45, 7) is 12.0. The normalized spacial score (nSPS) is 11.5. The molecule has 1 heterocycles. The SMILES string of the molecule is Cc1ccc2c(c1)OCCN2.Cc1cccc(C)c1Cl.Cc1ccccc1C. The first kappa shape index (κ1) is 21.8. The quantitative estimate of drug-likeness (QED) is 0.439. The van der Waals surface area contributed by atoms with Gasteiger partial charge in [0.2, 0.25) is 0 Å². The van der Waals surface area contributed by atoms with Gasteiger partial charge in [-0.15, -0.1) is 0 Å². The van der Waals surface area contributed by atoms with Gasteiger partial charge in [0.15, 0.2) is 0 Å². The van der Waals surface area contributed by atoms with Gasteiger partial charge in [0.05, 0.1) is 5.69 Å². The van der Waals surface area contributed by atoms with Crippen LogP contribution in [0.3, 0.4) is 0 Å². The van der Waals surface area contributed by atoms with Gasteiger partial charge in [0.1, 0.15) is 12.4 Å². The summed E-state index contributed by atoms with van der Waals surface area (Å²) in [5, 5.41) is 4.15. The molecule has 0 saturated carbocycles.